The molecule has 0 aliphatic carbocycles. The molecule has 0 N–H and O–H groups in total. The van der Waals surface area contributed by atoms with Gasteiger partial charge in [0.15, 0.2) is 11.7 Å². The molecule has 0 saturated carbocycles. The number of rotatable bonds is 6. The molecule has 0 saturated heterocycles. The molecule has 0 amide bonds. The minimum atomic E-state index is 0.284. The van der Waals surface area contributed by atoms with E-state index in [2.05, 4.69) is 57.5 Å². The van der Waals surface area contributed by atoms with E-state index >= 15 is 0 Å². The van der Waals surface area contributed by atoms with Gasteiger partial charge in [-0.2, -0.15) is 0 Å². The van der Waals surface area contributed by atoms with Crippen LogP contribution in [0.3, 0.4) is 0 Å². The summed E-state index contributed by atoms with van der Waals surface area (Å²) in [5.74, 6) is 1.94. The van der Waals surface area contributed by atoms with Gasteiger partial charge >= 0.3 is 0 Å². The first kappa shape index (κ1) is 16.9. The molecule has 0 bridgehead atoms. The van der Waals surface area contributed by atoms with Crippen LogP contribution in [0, 0.1) is 0 Å². The molecule has 3 aromatic rings. The summed E-state index contributed by atoms with van der Waals surface area (Å²) >= 11 is 0. The number of benzene rings is 1. The monoisotopic (exact) mass is 350 g/mol. The molecule has 1 aromatic carbocycles. The van der Waals surface area contributed by atoms with E-state index in [1.54, 1.807) is 6.26 Å². The summed E-state index contributed by atoms with van der Waals surface area (Å²) < 4.78 is 7.75. The molecular weight excluding hydrogens is 324 g/mol. The summed E-state index contributed by atoms with van der Waals surface area (Å²) in [6.45, 7) is 7.30. The van der Waals surface area contributed by atoms with Crippen LogP contribution in [-0.4, -0.2) is 27.6 Å². The number of oxazole rings is 1. The van der Waals surface area contributed by atoms with Gasteiger partial charge in [0.05, 0.1) is 0 Å². The van der Waals surface area contributed by atoms with E-state index < -0.39 is 0 Å². The Labute approximate surface area is 154 Å². The van der Waals surface area contributed by atoms with Gasteiger partial charge in [-0.3, -0.25) is 0 Å². The van der Waals surface area contributed by atoms with Crippen LogP contribution < -0.4 is 4.90 Å². The highest BCUT2D eigenvalue weighted by molar-refractivity contribution is 5.55. The second-order valence-electron chi connectivity index (χ2n) is 7.24. The van der Waals surface area contributed by atoms with E-state index in [4.69, 9.17) is 4.42 Å². The van der Waals surface area contributed by atoms with Crippen LogP contribution in [0.25, 0.3) is 11.5 Å². The Hall–Kier alpha value is -2.56. The van der Waals surface area contributed by atoms with Gasteiger partial charge < -0.3 is 13.9 Å². The Morgan fingerprint density at radius 3 is 2.92 bits per heavy atom. The van der Waals surface area contributed by atoms with Crippen LogP contribution in [0.5, 0.6) is 0 Å². The van der Waals surface area contributed by atoms with Crippen LogP contribution in [0.15, 0.2) is 47.3 Å². The van der Waals surface area contributed by atoms with Crippen molar-refractivity contribution in [2.75, 3.05) is 18.0 Å². The fourth-order valence-corrected chi connectivity index (χ4v) is 3.65. The highest BCUT2D eigenvalue weighted by atomic mass is 16.3. The molecule has 0 atom stereocenters. The van der Waals surface area contributed by atoms with Crippen molar-refractivity contribution in [1.82, 2.24) is 14.5 Å². The molecule has 0 radical (unpaired) electrons. The summed E-state index contributed by atoms with van der Waals surface area (Å²) in [4.78, 5) is 11.6. The van der Waals surface area contributed by atoms with Crippen LogP contribution in [0.2, 0.25) is 0 Å². The number of aromatic nitrogens is 3. The maximum Gasteiger partial charge on any atom is 0.197 e. The van der Waals surface area contributed by atoms with Crippen molar-refractivity contribution in [3.8, 4) is 11.5 Å². The van der Waals surface area contributed by atoms with Crippen molar-refractivity contribution >= 4 is 5.69 Å². The number of imidazole rings is 1. The number of anilines is 1. The molecule has 0 spiro atoms. The van der Waals surface area contributed by atoms with E-state index in [1.807, 2.05) is 12.4 Å². The maximum absolute atomic E-state index is 5.57. The molecule has 0 unspecified atom stereocenters. The third kappa shape index (κ3) is 3.39. The number of hydrogen-bond acceptors (Lipinski definition) is 4. The SMILES string of the molecule is CC(C)c1nc(-c2nccn2CCCN2CCCc3ccccc32)co1. The largest absolute Gasteiger partial charge is 0.448 e. The Kier molecular flexibility index (Phi) is 4.78. The Balaban J connectivity index is 1.41. The van der Waals surface area contributed by atoms with E-state index in [1.165, 1.54) is 24.1 Å². The first-order chi connectivity index (χ1) is 12.7. The van der Waals surface area contributed by atoms with Crippen LogP contribution in [0.4, 0.5) is 5.69 Å². The number of hydrogen-bond donors (Lipinski definition) is 0. The van der Waals surface area contributed by atoms with Gasteiger partial charge in [0, 0.05) is 43.6 Å². The Morgan fingerprint density at radius 2 is 2.08 bits per heavy atom. The average Bonchev–Trinajstić information content (AvgIpc) is 3.31. The van der Waals surface area contributed by atoms with Crippen LogP contribution in [-0.2, 0) is 13.0 Å². The number of para-hydroxylation sites is 1. The van der Waals surface area contributed by atoms with Crippen molar-refractivity contribution in [3.63, 3.8) is 0 Å². The highest BCUT2D eigenvalue weighted by Gasteiger charge is 2.17. The predicted octanol–water partition coefficient (Wildman–Crippen LogP) is 4.50. The zero-order valence-electron chi connectivity index (χ0n) is 15.6. The summed E-state index contributed by atoms with van der Waals surface area (Å²) in [5, 5.41) is 0. The fraction of sp³-hybridized carbons (Fsp3) is 0.429. The van der Waals surface area contributed by atoms with Gasteiger partial charge in [0.1, 0.15) is 12.0 Å². The predicted molar refractivity (Wildman–Crippen MR) is 103 cm³/mol. The zero-order chi connectivity index (χ0) is 17.9. The van der Waals surface area contributed by atoms with Crippen molar-refractivity contribution in [2.24, 2.45) is 0 Å². The van der Waals surface area contributed by atoms with Gasteiger partial charge in [-0.15, -0.1) is 0 Å². The first-order valence-corrected chi connectivity index (χ1v) is 9.52. The first-order valence-electron chi connectivity index (χ1n) is 9.52. The van der Waals surface area contributed by atoms with E-state index in [0.29, 0.717) is 0 Å². The van der Waals surface area contributed by atoms with Crippen molar-refractivity contribution in [1.29, 1.82) is 0 Å². The number of nitrogens with zero attached hydrogens (tertiary/aromatic N) is 4. The third-order valence-electron chi connectivity index (χ3n) is 4.99. The lowest BCUT2D eigenvalue weighted by molar-refractivity contribution is 0.471. The zero-order valence-corrected chi connectivity index (χ0v) is 15.6. The molecule has 136 valence electrons. The highest BCUT2D eigenvalue weighted by Crippen LogP contribution is 2.27. The van der Waals surface area contributed by atoms with Gasteiger partial charge in [-0.1, -0.05) is 32.0 Å². The Bertz CT molecular complexity index is 864. The second kappa shape index (κ2) is 7.36. The van der Waals surface area contributed by atoms with Gasteiger partial charge in [0.2, 0.25) is 0 Å². The molecule has 5 nitrogen and oxygen atoms in total. The van der Waals surface area contributed by atoms with Crippen LogP contribution in [0.1, 0.15) is 44.1 Å². The molecule has 1 aliphatic rings. The number of aryl methyl sites for hydroxylation is 2. The normalized spacial score (nSPS) is 14.0. The van der Waals surface area contributed by atoms with Gasteiger partial charge in [-0.05, 0) is 30.9 Å². The minimum absolute atomic E-state index is 0.284. The molecule has 1 aliphatic heterocycles. The van der Waals surface area contributed by atoms with E-state index in [-0.39, 0.29) is 5.92 Å². The number of fused-ring (bicyclic) bond motifs is 1. The third-order valence-corrected chi connectivity index (χ3v) is 4.99. The maximum atomic E-state index is 5.57. The molecule has 4 rings (SSSR count). The van der Waals surface area contributed by atoms with Crippen molar-refractivity contribution in [2.45, 2.75) is 45.6 Å². The van der Waals surface area contributed by atoms with Crippen molar-refractivity contribution in [3.05, 3.63) is 54.4 Å². The average molecular weight is 350 g/mol. The smallest absolute Gasteiger partial charge is 0.197 e. The fourth-order valence-electron chi connectivity index (χ4n) is 3.65. The molecular formula is C21H26N4O. The van der Waals surface area contributed by atoms with Crippen LogP contribution >= 0.6 is 0 Å². The molecule has 0 fully saturated rings. The lowest BCUT2D eigenvalue weighted by atomic mass is 10.0. The molecule has 3 heterocycles. The molecule has 5 heteroatoms. The van der Waals surface area contributed by atoms with E-state index in [9.17, 15) is 0 Å². The quantitative estimate of drug-likeness (QED) is 0.656. The van der Waals surface area contributed by atoms with Gasteiger partial charge in [-0.25, -0.2) is 9.97 Å². The molecule has 2 aromatic heterocycles. The Morgan fingerprint density at radius 1 is 1.19 bits per heavy atom. The van der Waals surface area contributed by atoms with Gasteiger partial charge in [0.25, 0.3) is 0 Å². The standard InChI is InChI=1S/C21H26N4O/c1-16(2)21-23-18(15-26-21)20-22-10-14-25(20)13-6-12-24-11-5-8-17-7-3-4-9-19(17)24/h3-4,7,9-10,14-16H,5-6,8,11-13H2,1-2H3. The summed E-state index contributed by atoms with van der Waals surface area (Å²) in [7, 11) is 0. The van der Waals surface area contributed by atoms with E-state index in [0.717, 1.165) is 43.5 Å². The second-order valence-corrected chi connectivity index (χ2v) is 7.24. The summed E-state index contributed by atoms with van der Waals surface area (Å²) in [6, 6.07) is 8.79. The van der Waals surface area contributed by atoms with Crippen molar-refractivity contribution < 1.29 is 4.42 Å². The summed E-state index contributed by atoms with van der Waals surface area (Å²) in [6.07, 6.45) is 9.10. The summed E-state index contributed by atoms with van der Waals surface area (Å²) in [5.41, 5.74) is 3.70. The minimum Gasteiger partial charge on any atom is -0.448 e. The lowest BCUT2D eigenvalue weighted by Crippen LogP contribution is -2.30. The molecule has 26 heavy (non-hydrogen) atoms. The lowest BCUT2D eigenvalue weighted by Gasteiger charge is -2.31. The topological polar surface area (TPSA) is 47.1 Å².